The predicted octanol–water partition coefficient (Wildman–Crippen LogP) is 3.06. The second-order valence-electron chi connectivity index (χ2n) is 8.31. The van der Waals surface area contributed by atoms with Gasteiger partial charge in [0.25, 0.3) is 0 Å². The van der Waals surface area contributed by atoms with E-state index < -0.39 is 5.60 Å². The highest BCUT2D eigenvalue weighted by Crippen LogP contribution is 2.35. The normalized spacial score (nSPS) is 25.1. The Kier molecular flexibility index (Phi) is 5.95. The summed E-state index contributed by atoms with van der Waals surface area (Å²) in [6.07, 6.45) is 6.81. The molecule has 1 saturated carbocycles. The lowest BCUT2D eigenvalue weighted by Gasteiger charge is -2.37. The highest BCUT2D eigenvalue weighted by Gasteiger charge is 2.36. The first kappa shape index (κ1) is 18.5. The van der Waals surface area contributed by atoms with E-state index in [0.29, 0.717) is 0 Å². The number of hydrogen-bond donors (Lipinski definition) is 2. The molecule has 2 N–H and O–H groups in total. The summed E-state index contributed by atoms with van der Waals surface area (Å²) < 4.78 is 5.52. The molecule has 1 saturated heterocycles. The van der Waals surface area contributed by atoms with E-state index in [0.717, 1.165) is 58.0 Å². The standard InChI is InChI=1S/C18H34N2O3/c1-14(19-12-7-11-18(22)9-6-10-18)15-8-5-13-20(15)16(21)23-17(2,3)4/h14-15,19,22H,5-13H2,1-4H3/t14?,15-/m0/s1. The van der Waals surface area contributed by atoms with Crippen molar-refractivity contribution in [2.24, 2.45) is 0 Å². The van der Waals surface area contributed by atoms with Crippen molar-refractivity contribution in [2.75, 3.05) is 13.1 Å². The van der Waals surface area contributed by atoms with E-state index in [1.54, 1.807) is 0 Å². The van der Waals surface area contributed by atoms with Crippen LogP contribution in [0.3, 0.4) is 0 Å². The average molecular weight is 326 g/mol. The Hall–Kier alpha value is -0.810. The van der Waals surface area contributed by atoms with E-state index in [2.05, 4.69) is 12.2 Å². The molecule has 1 aliphatic heterocycles. The molecule has 0 spiro atoms. The van der Waals surface area contributed by atoms with E-state index in [4.69, 9.17) is 4.74 Å². The maximum Gasteiger partial charge on any atom is 0.410 e. The zero-order valence-corrected chi connectivity index (χ0v) is 15.2. The van der Waals surface area contributed by atoms with Crippen LogP contribution in [0.15, 0.2) is 0 Å². The number of nitrogens with zero attached hydrogens (tertiary/aromatic N) is 1. The molecule has 1 heterocycles. The van der Waals surface area contributed by atoms with Crippen LogP contribution < -0.4 is 5.32 Å². The van der Waals surface area contributed by atoms with Gasteiger partial charge in [-0.15, -0.1) is 0 Å². The first-order valence-electron chi connectivity index (χ1n) is 9.16. The highest BCUT2D eigenvalue weighted by atomic mass is 16.6. The molecule has 0 aromatic rings. The first-order chi connectivity index (χ1) is 10.7. The van der Waals surface area contributed by atoms with E-state index in [-0.39, 0.29) is 23.8 Å². The molecule has 2 atom stereocenters. The van der Waals surface area contributed by atoms with Crippen LogP contribution in [0.1, 0.15) is 72.6 Å². The molecule has 2 aliphatic rings. The van der Waals surface area contributed by atoms with Crippen molar-refractivity contribution in [3.05, 3.63) is 0 Å². The van der Waals surface area contributed by atoms with Gasteiger partial charge in [0.05, 0.1) is 11.6 Å². The topological polar surface area (TPSA) is 61.8 Å². The minimum Gasteiger partial charge on any atom is -0.444 e. The Morgan fingerprint density at radius 3 is 2.65 bits per heavy atom. The molecule has 5 nitrogen and oxygen atoms in total. The lowest BCUT2D eigenvalue weighted by atomic mass is 9.77. The van der Waals surface area contributed by atoms with Crippen molar-refractivity contribution >= 4 is 6.09 Å². The molecule has 1 amide bonds. The summed E-state index contributed by atoms with van der Waals surface area (Å²) in [5, 5.41) is 13.6. The number of hydrogen-bond acceptors (Lipinski definition) is 4. The fraction of sp³-hybridized carbons (Fsp3) is 0.944. The maximum absolute atomic E-state index is 12.3. The lowest BCUT2D eigenvalue weighted by Crippen LogP contribution is -2.49. The molecule has 0 radical (unpaired) electrons. The molecule has 2 rings (SSSR count). The molecule has 0 bridgehead atoms. The van der Waals surface area contributed by atoms with Crippen molar-refractivity contribution in [3.8, 4) is 0 Å². The molecule has 0 aromatic carbocycles. The predicted molar refractivity (Wildman–Crippen MR) is 91.5 cm³/mol. The Morgan fingerprint density at radius 1 is 1.39 bits per heavy atom. The van der Waals surface area contributed by atoms with Gasteiger partial charge in [-0.25, -0.2) is 4.79 Å². The molecule has 5 heteroatoms. The van der Waals surface area contributed by atoms with Gasteiger partial charge in [-0.3, -0.25) is 0 Å². The lowest BCUT2D eigenvalue weighted by molar-refractivity contribution is -0.0415. The van der Waals surface area contributed by atoms with Crippen LogP contribution in [0.2, 0.25) is 0 Å². The summed E-state index contributed by atoms with van der Waals surface area (Å²) in [6.45, 7) is 9.54. The zero-order chi connectivity index (χ0) is 17.1. The Balaban J connectivity index is 1.73. The van der Waals surface area contributed by atoms with E-state index >= 15 is 0 Å². The van der Waals surface area contributed by atoms with Crippen molar-refractivity contribution < 1.29 is 14.6 Å². The third-order valence-corrected chi connectivity index (χ3v) is 5.07. The summed E-state index contributed by atoms with van der Waals surface area (Å²) in [5.41, 5.74) is -0.833. The van der Waals surface area contributed by atoms with Crippen molar-refractivity contribution in [1.82, 2.24) is 10.2 Å². The molecular weight excluding hydrogens is 292 g/mol. The van der Waals surface area contributed by atoms with Gasteiger partial charge in [-0.1, -0.05) is 0 Å². The monoisotopic (exact) mass is 326 g/mol. The molecule has 0 aromatic heterocycles. The number of rotatable bonds is 6. The van der Waals surface area contributed by atoms with E-state index in [1.807, 2.05) is 25.7 Å². The zero-order valence-electron chi connectivity index (χ0n) is 15.2. The van der Waals surface area contributed by atoms with Gasteiger partial charge in [-0.05, 0) is 79.2 Å². The number of ether oxygens (including phenoxy) is 1. The quantitative estimate of drug-likeness (QED) is 0.737. The molecule has 1 unspecified atom stereocenters. The van der Waals surface area contributed by atoms with Crippen LogP contribution in [0, 0.1) is 0 Å². The molecule has 2 fully saturated rings. The Morgan fingerprint density at radius 2 is 2.09 bits per heavy atom. The SMILES string of the molecule is CC(NCCCC1(O)CCC1)[C@@H]1CCCN1C(=O)OC(C)(C)C. The Labute approximate surface area is 140 Å². The minimum atomic E-state index is -0.445. The van der Waals surface area contributed by atoms with Gasteiger partial charge >= 0.3 is 6.09 Å². The summed E-state index contributed by atoms with van der Waals surface area (Å²) in [5.74, 6) is 0. The summed E-state index contributed by atoms with van der Waals surface area (Å²) >= 11 is 0. The fourth-order valence-corrected chi connectivity index (χ4v) is 3.58. The van der Waals surface area contributed by atoms with Gasteiger partial charge in [0.2, 0.25) is 0 Å². The largest absolute Gasteiger partial charge is 0.444 e. The summed E-state index contributed by atoms with van der Waals surface area (Å²) in [4.78, 5) is 14.2. The molecule has 134 valence electrons. The average Bonchev–Trinajstić information content (AvgIpc) is 2.89. The van der Waals surface area contributed by atoms with Gasteiger partial charge in [-0.2, -0.15) is 0 Å². The van der Waals surface area contributed by atoms with Crippen LogP contribution in [0.5, 0.6) is 0 Å². The number of aliphatic hydroxyl groups is 1. The second-order valence-corrected chi connectivity index (χ2v) is 8.31. The third kappa shape index (κ3) is 5.35. The fourth-order valence-electron chi connectivity index (χ4n) is 3.58. The number of likely N-dealkylation sites (tertiary alicyclic amines) is 1. The number of nitrogens with one attached hydrogen (secondary N) is 1. The molecular formula is C18H34N2O3. The third-order valence-electron chi connectivity index (χ3n) is 5.07. The second kappa shape index (κ2) is 7.39. The smallest absolute Gasteiger partial charge is 0.410 e. The van der Waals surface area contributed by atoms with Crippen LogP contribution in [0.4, 0.5) is 4.79 Å². The van der Waals surface area contributed by atoms with Gasteiger partial charge < -0.3 is 20.1 Å². The molecule has 23 heavy (non-hydrogen) atoms. The first-order valence-corrected chi connectivity index (χ1v) is 9.16. The van der Waals surface area contributed by atoms with Crippen LogP contribution in [0.25, 0.3) is 0 Å². The van der Waals surface area contributed by atoms with Crippen LogP contribution in [-0.2, 0) is 4.74 Å². The van der Waals surface area contributed by atoms with Crippen molar-refractivity contribution in [1.29, 1.82) is 0 Å². The van der Waals surface area contributed by atoms with E-state index in [1.165, 1.54) is 0 Å². The van der Waals surface area contributed by atoms with Crippen LogP contribution >= 0.6 is 0 Å². The van der Waals surface area contributed by atoms with Crippen LogP contribution in [-0.4, -0.2) is 52.5 Å². The number of carbonyl (C=O) groups is 1. The van der Waals surface area contributed by atoms with E-state index in [9.17, 15) is 9.90 Å². The molecule has 1 aliphatic carbocycles. The summed E-state index contributed by atoms with van der Waals surface area (Å²) in [6, 6.07) is 0.456. The Bertz CT molecular complexity index is 402. The van der Waals surface area contributed by atoms with Gasteiger partial charge in [0.15, 0.2) is 0 Å². The highest BCUT2D eigenvalue weighted by molar-refractivity contribution is 5.69. The minimum absolute atomic E-state index is 0.197. The maximum atomic E-state index is 12.3. The number of carbonyl (C=O) groups excluding carboxylic acids is 1. The van der Waals surface area contributed by atoms with Gasteiger partial charge in [0.1, 0.15) is 5.60 Å². The van der Waals surface area contributed by atoms with Gasteiger partial charge in [0, 0.05) is 12.6 Å². The van der Waals surface area contributed by atoms with Crippen molar-refractivity contribution in [3.63, 3.8) is 0 Å². The van der Waals surface area contributed by atoms with Crippen molar-refractivity contribution in [2.45, 2.75) is 95.9 Å². The number of amides is 1. The summed E-state index contributed by atoms with van der Waals surface area (Å²) in [7, 11) is 0.